The summed E-state index contributed by atoms with van der Waals surface area (Å²) in [5, 5.41) is 3.24. The summed E-state index contributed by atoms with van der Waals surface area (Å²) < 4.78 is 5.97. The molecule has 21 heavy (non-hydrogen) atoms. The van der Waals surface area contributed by atoms with Gasteiger partial charge in [-0.2, -0.15) is 0 Å². The van der Waals surface area contributed by atoms with Gasteiger partial charge >= 0.3 is 5.97 Å². The quantitative estimate of drug-likeness (QED) is 0.847. The second-order valence-corrected chi connectivity index (χ2v) is 6.63. The van der Waals surface area contributed by atoms with E-state index in [1.54, 1.807) is 0 Å². The molecule has 1 aromatic carbocycles. The first kappa shape index (κ1) is 13.3. The van der Waals surface area contributed by atoms with Crippen LogP contribution in [0, 0.1) is 5.92 Å². The van der Waals surface area contributed by atoms with Crippen molar-refractivity contribution in [1.82, 2.24) is 10.2 Å². The first-order chi connectivity index (χ1) is 10.3. The van der Waals surface area contributed by atoms with E-state index in [0.29, 0.717) is 19.0 Å². The van der Waals surface area contributed by atoms with E-state index < -0.39 is 5.41 Å². The maximum atomic E-state index is 12.8. The second-order valence-electron chi connectivity index (χ2n) is 6.63. The van der Waals surface area contributed by atoms with Gasteiger partial charge in [0.25, 0.3) is 0 Å². The Balaban J connectivity index is 1.51. The van der Waals surface area contributed by atoms with Gasteiger partial charge in [0.15, 0.2) is 0 Å². The van der Waals surface area contributed by atoms with Crippen LogP contribution in [0.5, 0.6) is 0 Å². The number of nitrogens with zero attached hydrogens (tertiary/aromatic N) is 1. The zero-order chi connectivity index (χ0) is 14.3. The molecule has 4 saturated heterocycles. The highest BCUT2D eigenvalue weighted by atomic mass is 16.5. The minimum Gasteiger partial charge on any atom is -0.460 e. The minimum absolute atomic E-state index is 0.0359. The van der Waals surface area contributed by atoms with Crippen LogP contribution in [0.2, 0.25) is 0 Å². The lowest BCUT2D eigenvalue weighted by atomic mass is 9.75. The van der Waals surface area contributed by atoms with E-state index >= 15 is 0 Å². The summed E-state index contributed by atoms with van der Waals surface area (Å²) in [6, 6.07) is 10.1. The molecule has 0 unspecified atom stereocenters. The average Bonchev–Trinajstić information content (AvgIpc) is 2.48. The van der Waals surface area contributed by atoms with Crippen molar-refractivity contribution >= 4 is 5.97 Å². The Bertz CT molecular complexity index is 519. The number of ether oxygens (including phenoxy) is 1. The lowest BCUT2D eigenvalue weighted by molar-refractivity contribution is -0.168. The number of carbonyl (C=O) groups excluding carboxylic acids is 1. The number of hydrogen-bond donors (Lipinski definition) is 1. The van der Waals surface area contributed by atoms with Crippen LogP contribution in [0.25, 0.3) is 0 Å². The van der Waals surface area contributed by atoms with Crippen LogP contribution in [-0.2, 0) is 14.9 Å². The van der Waals surface area contributed by atoms with Crippen LogP contribution >= 0.6 is 0 Å². The molecular formula is C17H22N2O2. The lowest BCUT2D eigenvalue weighted by Gasteiger charge is -2.46. The summed E-state index contributed by atoms with van der Waals surface area (Å²) >= 11 is 0. The highest BCUT2D eigenvalue weighted by Crippen LogP contribution is 2.34. The summed E-state index contributed by atoms with van der Waals surface area (Å²) in [6.45, 7) is 4.65. The normalized spacial score (nSPS) is 33.2. The van der Waals surface area contributed by atoms with Crippen molar-refractivity contribution in [3.8, 4) is 0 Å². The highest BCUT2D eigenvalue weighted by molar-refractivity contribution is 5.85. The van der Waals surface area contributed by atoms with Crippen molar-refractivity contribution in [3.63, 3.8) is 0 Å². The Kier molecular flexibility index (Phi) is 3.23. The van der Waals surface area contributed by atoms with E-state index in [1.807, 2.05) is 30.3 Å². The fourth-order valence-corrected chi connectivity index (χ4v) is 3.89. The monoisotopic (exact) mass is 286 g/mol. The van der Waals surface area contributed by atoms with Crippen LogP contribution in [-0.4, -0.2) is 49.7 Å². The molecule has 0 aromatic heterocycles. The zero-order valence-electron chi connectivity index (χ0n) is 12.3. The van der Waals surface area contributed by atoms with Crippen molar-refractivity contribution in [2.75, 3.05) is 32.7 Å². The van der Waals surface area contributed by atoms with Crippen molar-refractivity contribution < 1.29 is 9.53 Å². The molecule has 1 aromatic rings. The third-order valence-corrected chi connectivity index (χ3v) is 5.43. The Morgan fingerprint density at radius 3 is 2.43 bits per heavy atom. The van der Waals surface area contributed by atoms with Gasteiger partial charge < -0.3 is 10.1 Å². The molecule has 0 amide bonds. The molecule has 0 radical (unpaired) electrons. The van der Waals surface area contributed by atoms with Crippen molar-refractivity contribution in [1.29, 1.82) is 0 Å². The van der Waals surface area contributed by atoms with Gasteiger partial charge in [-0.1, -0.05) is 30.3 Å². The summed E-state index contributed by atoms with van der Waals surface area (Å²) in [4.78, 5) is 15.2. The van der Waals surface area contributed by atoms with E-state index in [2.05, 4.69) is 10.2 Å². The molecule has 4 aliphatic rings. The predicted octanol–water partition coefficient (Wildman–Crippen LogP) is 1.16. The Morgan fingerprint density at radius 2 is 1.90 bits per heavy atom. The third kappa shape index (κ3) is 2.17. The van der Waals surface area contributed by atoms with E-state index in [4.69, 9.17) is 4.74 Å². The maximum absolute atomic E-state index is 12.8. The number of hydrogen-bond acceptors (Lipinski definition) is 4. The Morgan fingerprint density at radius 1 is 1.19 bits per heavy atom. The molecule has 4 aliphatic heterocycles. The number of rotatable bonds is 3. The number of esters is 1. The highest BCUT2D eigenvalue weighted by Gasteiger charge is 2.49. The van der Waals surface area contributed by atoms with Gasteiger partial charge in [-0.25, -0.2) is 0 Å². The number of carbonyl (C=O) groups is 1. The van der Waals surface area contributed by atoms with Gasteiger partial charge in [-0.3, -0.25) is 9.69 Å². The molecule has 0 aliphatic carbocycles. The molecule has 0 saturated carbocycles. The van der Waals surface area contributed by atoms with Gasteiger partial charge in [-0.15, -0.1) is 0 Å². The van der Waals surface area contributed by atoms with Crippen LogP contribution in [0.1, 0.15) is 18.4 Å². The fourth-order valence-electron chi connectivity index (χ4n) is 3.89. The van der Waals surface area contributed by atoms with Gasteiger partial charge in [-0.05, 0) is 37.4 Å². The Hall–Kier alpha value is -1.39. The van der Waals surface area contributed by atoms with Crippen LogP contribution in [0.4, 0.5) is 0 Å². The van der Waals surface area contributed by atoms with E-state index in [-0.39, 0.29) is 12.1 Å². The van der Waals surface area contributed by atoms with E-state index in [0.717, 1.165) is 12.1 Å². The molecule has 4 fully saturated rings. The topological polar surface area (TPSA) is 41.6 Å². The first-order valence-corrected chi connectivity index (χ1v) is 7.98. The molecule has 5 rings (SSSR count). The molecular weight excluding hydrogens is 264 g/mol. The lowest BCUT2D eigenvalue weighted by Crippen LogP contribution is -2.63. The molecule has 4 heteroatoms. The summed E-state index contributed by atoms with van der Waals surface area (Å²) in [5.74, 6) is 0.533. The largest absolute Gasteiger partial charge is 0.460 e. The molecule has 112 valence electrons. The second kappa shape index (κ2) is 5.11. The number of piperidine rings is 3. The summed E-state index contributed by atoms with van der Waals surface area (Å²) in [7, 11) is 0. The van der Waals surface area contributed by atoms with Crippen molar-refractivity contribution in [2.24, 2.45) is 5.92 Å². The smallest absolute Gasteiger partial charge is 0.319 e. The molecule has 4 heterocycles. The number of benzene rings is 1. The van der Waals surface area contributed by atoms with Gasteiger partial charge in [0.1, 0.15) is 11.5 Å². The van der Waals surface area contributed by atoms with Crippen molar-refractivity contribution in [3.05, 3.63) is 35.9 Å². The van der Waals surface area contributed by atoms with Crippen molar-refractivity contribution in [2.45, 2.75) is 24.4 Å². The van der Waals surface area contributed by atoms with Gasteiger partial charge in [0, 0.05) is 19.6 Å². The molecule has 4 nitrogen and oxygen atoms in total. The van der Waals surface area contributed by atoms with E-state index in [9.17, 15) is 4.79 Å². The first-order valence-electron chi connectivity index (χ1n) is 7.98. The SMILES string of the molecule is O=C(O[C@H]1CN2CCC1CC2)C1(c2ccccc2)CNC1. The number of nitrogens with one attached hydrogen (secondary N) is 1. The van der Waals surface area contributed by atoms with Crippen LogP contribution in [0.15, 0.2) is 30.3 Å². The third-order valence-electron chi connectivity index (χ3n) is 5.43. The Labute approximate surface area is 125 Å². The summed E-state index contributed by atoms with van der Waals surface area (Å²) in [5.41, 5.74) is 0.614. The van der Waals surface area contributed by atoms with Gasteiger partial charge in [0.2, 0.25) is 0 Å². The molecule has 1 N–H and O–H groups in total. The van der Waals surface area contributed by atoms with Crippen LogP contribution in [0.3, 0.4) is 0 Å². The molecule has 0 spiro atoms. The average molecular weight is 286 g/mol. The van der Waals surface area contributed by atoms with Crippen LogP contribution < -0.4 is 5.32 Å². The maximum Gasteiger partial charge on any atom is 0.319 e. The predicted molar refractivity (Wildman–Crippen MR) is 80.0 cm³/mol. The minimum atomic E-state index is -0.465. The summed E-state index contributed by atoms with van der Waals surface area (Å²) in [6.07, 6.45) is 2.45. The fraction of sp³-hybridized carbons (Fsp3) is 0.588. The molecule has 2 bridgehead atoms. The standard InChI is InChI=1S/C17H22N2O2/c20-16(21-15-10-19-8-6-13(15)7-9-19)17(11-18-12-17)14-4-2-1-3-5-14/h1-5,13,15,18H,6-12H2/t15-/m0/s1. The zero-order valence-corrected chi connectivity index (χ0v) is 12.3. The van der Waals surface area contributed by atoms with E-state index in [1.165, 1.54) is 25.9 Å². The van der Waals surface area contributed by atoms with Gasteiger partial charge in [0.05, 0.1) is 0 Å². The molecule has 1 atom stereocenters. The number of fused-ring (bicyclic) bond motifs is 3.